The number of halogens is 1. The zero-order valence-corrected chi connectivity index (χ0v) is 14.9. The molecule has 3 rings (SSSR count). The molecule has 0 bridgehead atoms. The van der Waals surface area contributed by atoms with Crippen LogP contribution in [0.5, 0.6) is 0 Å². The minimum atomic E-state index is -3.84. The Bertz CT molecular complexity index is 861. The molecular formula is C16H18ClN3O3S. The summed E-state index contributed by atoms with van der Waals surface area (Å²) in [6, 6.07) is 4.82. The smallest absolute Gasteiger partial charge is 0.244 e. The molecule has 0 saturated heterocycles. The van der Waals surface area contributed by atoms with Gasteiger partial charge in [-0.25, -0.2) is 8.42 Å². The third kappa shape index (κ3) is 2.56. The molecule has 0 aliphatic carbocycles. The van der Waals surface area contributed by atoms with E-state index in [2.05, 4.69) is 10.2 Å². The number of ketones is 1. The van der Waals surface area contributed by atoms with Gasteiger partial charge >= 0.3 is 0 Å². The van der Waals surface area contributed by atoms with Gasteiger partial charge in [-0.1, -0.05) is 25.4 Å². The average molecular weight is 368 g/mol. The summed E-state index contributed by atoms with van der Waals surface area (Å²) in [6.07, 6.45) is 2.47. The Morgan fingerprint density at radius 1 is 1.17 bits per heavy atom. The van der Waals surface area contributed by atoms with Crippen LogP contribution < -0.4 is 0 Å². The molecule has 0 fully saturated rings. The van der Waals surface area contributed by atoms with Gasteiger partial charge in [0, 0.05) is 10.6 Å². The topological polar surface area (TPSA) is 83.1 Å². The van der Waals surface area contributed by atoms with Gasteiger partial charge in [-0.15, -0.1) is 0 Å². The molecule has 8 heteroatoms. The van der Waals surface area contributed by atoms with Crippen LogP contribution >= 0.6 is 11.6 Å². The van der Waals surface area contributed by atoms with E-state index in [0.29, 0.717) is 29.1 Å². The van der Waals surface area contributed by atoms with E-state index in [1.165, 1.54) is 34.8 Å². The van der Waals surface area contributed by atoms with Crippen LogP contribution in [0.4, 0.5) is 0 Å². The van der Waals surface area contributed by atoms with Crippen molar-refractivity contribution in [1.82, 2.24) is 14.5 Å². The summed E-state index contributed by atoms with van der Waals surface area (Å²) >= 11 is 5.86. The summed E-state index contributed by atoms with van der Waals surface area (Å²) in [6.45, 7) is 3.70. The Labute approximate surface area is 145 Å². The number of hydrogen-bond acceptors (Lipinski definition) is 4. The summed E-state index contributed by atoms with van der Waals surface area (Å²) in [5.41, 5.74) is 1.04. The van der Waals surface area contributed by atoms with Crippen molar-refractivity contribution in [2.75, 3.05) is 0 Å². The lowest BCUT2D eigenvalue weighted by Gasteiger charge is -2.38. The molecule has 24 heavy (non-hydrogen) atoms. The number of Topliss-reactive ketones (excluding diaryl/α,β-unsaturated/α-hetero) is 1. The van der Waals surface area contributed by atoms with Crippen molar-refractivity contribution in [3.63, 3.8) is 0 Å². The molecule has 0 spiro atoms. The minimum Gasteiger partial charge on any atom is -0.291 e. The fourth-order valence-electron chi connectivity index (χ4n) is 3.21. The highest BCUT2D eigenvalue weighted by Crippen LogP contribution is 2.39. The summed E-state index contributed by atoms with van der Waals surface area (Å²) < 4.78 is 27.8. The number of sulfonamides is 1. The van der Waals surface area contributed by atoms with Gasteiger partial charge in [0.25, 0.3) is 0 Å². The van der Waals surface area contributed by atoms with E-state index in [-0.39, 0.29) is 10.7 Å². The van der Waals surface area contributed by atoms with Gasteiger partial charge in [-0.3, -0.25) is 9.89 Å². The number of aromatic nitrogens is 2. The molecule has 0 amide bonds. The number of fused-ring (bicyclic) bond motifs is 1. The number of carbonyl (C=O) groups excluding carboxylic acids is 1. The number of benzene rings is 1. The quantitative estimate of drug-likeness (QED) is 0.899. The summed E-state index contributed by atoms with van der Waals surface area (Å²) in [4.78, 5) is 12.8. The number of hydrogen-bond donors (Lipinski definition) is 1. The number of rotatable bonds is 4. The largest absolute Gasteiger partial charge is 0.291 e. The van der Waals surface area contributed by atoms with Crippen molar-refractivity contribution >= 4 is 27.4 Å². The van der Waals surface area contributed by atoms with E-state index in [1.54, 1.807) is 6.92 Å². The Morgan fingerprint density at radius 3 is 2.38 bits per heavy atom. The fourth-order valence-corrected chi connectivity index (χ4v) is 5.24. The van der Waals surface area contributed by atoms with Crippen LogP contribution in [0.1, 0.15) is 48.8 Å². The van der Waals surface area contributed by atoms with E-state index in [4.69, 9.17) is 11.6 Å². The number of carbonyl (C=O) groups is 1. The van der Waals surface area contributed by atoms with Gasteiger partial charge in [-0.05, 0) is 37.1 Å². The monoisotopic (exact) mass is 367 g/mol. The molecule has 128 valence electrons. The fraction of sp³-hybridized carbons (Fsp3) is 0.375. The average Bonchev–Trinajstić information content (AvgIpc) is 3.05. The molecule has 0 saturated carbocycles. The van der Waals surface area contributed by atoms with Crippen LogP contribution in [0.25, 0.3) is 0 Å². The highest BCUT2D eigenvalue weighted by atomic mass is 35.5. The standard InChI is InChI=1S/C16H18ClN3O3S/c1-3-13-12-9-18-19-15(12)16(21)14(4-2)20(13)24(22,23)11-7-5-10(17)6-8-11/h5-9,13-14H,3-4H2,1-2H3,(H,18,19). The summed E-state index contributed by atoms with van der Waals surface area (Å²) in [5.74, 6) is -0.243. The van der Waals surface area contributed by atoms with Gasteiger partial charge in [0.1, 0.15) is 5.69 Å². The van der Waals surface area contributed by atoms with Crippen LogP contribution in [0.15, 0.2) is 35.4 Å². The third-order valence-electron chi connectivity index (χ3n) is 4.35. The summed E-state index contributed by atoms with van der Waals surface area (Å²) in [5, 5.41) is 7.11. The maximum Gasteiger partial charge on any atom is 0.244 e. The van der Waals surface area contributed by atoms with Gasteiger partial charge in [0.05, 0.1) is 23.2 Å². The molecule has 1 N–H and O–H groups in total. The predicted molar refractivity (Wildman–Crippen MR) is 90.5 cm³/mol. The molecule has 0 radical (unpaired) electrons. The van der Waals surface area contributed by atoms with Gasteiger partial charge in [0.2, 0.25) is 10.0 Å². The van der Waals surface area contributed by atoms with E-state index >= 15 is 0 Å². The van der Waals surface area contributed by atoms with E-state index < -0.39 is 22.1 Å². The zero-order valence-electron chi connectivity index (χ0n) is 13.4. The third-order valence-corrected chi connectivity index (χ3v) is 6.54. The van der Waals surface area contributed by atoms with Crippen LogP contribution in [-0.2, 0) is 10.0 Å². The molecule has 2 heterocycles. The van der Waals surface area contributed by atoms with Crippen LogP contribution in [0.2, 0.25) is 5.02 Å². The first kappa shape index (κ1) is 17.1. The second kappa shape index (κ2) is 6.31. The summed E-state index contributed by atoms with van der Waals surface area (Å²) in [7, 11) is -3.84. The Morgan fingerprint density at radius 2 is 1.79 bits per heavy atom. The molecule has 2 unspecified atom stereocenters. The Hall–Kier alpha value is -1.70. The number of nitrogens with one attached hydrogen (secondary N) is 1. The maximum absolute atomic E-state index is 13.2. The van der Waals surface area contributed by atoms with Crippen molar-refractivity contribution in [2.45, 2.75) is 43.7 Å². The van der Waals surface area contributed by atoms with Crippen molar-refractivity contribution in [3.05, 3.63) is 46.7 Å². The van der Waals surface area contributed by atoms with Crippen molar-refractivity contribution in [3.8, 4) is 0 Å². The highest BCUT2D eigenvalue weighted by Gasteiger charge is 2.46. The maximum atomic E-state index is 13.2. The van der Waals surface area contributed by atoms with Crippen molar-refractivity contribution in [2.24, 2.45) is 0 Å². The lowest BCUT2D eigenvalue weighted by Crippen LogP contribution is -2.50. The number of aromatic amines is 1. The van der Waals surface area contributed by atoms with Gasteiger partial charge < -0.3 is 0 Å². The zero-order chi connectivity index (χ0) is 17.5. The van der Waals surface area contributed by atoms with Crippen molar-refractivity contribution in [1.29, 1.82) is 0 Å². The van der Waals surface area contributed by atoms with Crippen molar-refractivity contribution < 1.29 is 13.2 Å². The molecule has 2 aromatic rings. The van der Waals surface area contributed by atoms with E-state index in [1.807, 2.05) is 6.92 Å². The molecular weight excluding hydrogens is 350 g/mol. The molecule has 1 aromatic carbocycles. The molecule has 1 aliphatic rings. The van der Waals surface area contributed by atoms with Crippen LogP contribution in [-0.4, -0.2) is 34.7 Å². The van der Waals surface area contributed by atoms with E-state index in [9.17, 15) is 13.2 Å². The second-order valence-corrected chi connectivity index (χ2v) is 7.98. The number of nitrogens with zero attached hydrogens (tertiary/aromatic N) is 2. The van der Waals surface area contributed by atoms with Crippen LogP contribution in [0, 0.1) is 0 Å². The lowest BCUT2D eigenvalue weighted by molar-refractivity contribution is 0.0821. The molecule has 6 nitrogen and oxygen atoms in total. The molecule has 1 aromatic heterocycles. The first-order valence-corrected chi connectivity index (χ1v) is 9.60. The minimum absolute atomic E-state index is 0.128. The predicted octanol–water partition coefficient (Wildman–Crippen LogP) is 3.18. The first-order valence-electron chi connectivity index (χ1n) is 7.78. The molecule has 2 atom stereocenters. The Balaban J connectivity index is 2.16. The Kier molecular flexibility index (Phi) is 4.50. The first-order chi connectivity index (χ1) is 11.4. The van der Waals surface area contributed by atoms with Gasteiger partial charge in [0.15, 0.2) is 5.78 Å². The SMILES string of the molecule is CCC1C(=O)c2[nH]ncc2C(CC)N1S(=O)(=O)c1ccc(Cl)cc1. The highest BCUT2D eigenvalue weighted by molar-refractivity contribution is 7.89. The van der Waals surface area contributed by atoms with Crippen LogP contribution in [0.3, 0.4) is 0 Å². The van der Waals surface area contributed by atoms with Gasteiger partial charge in [-0.2, -0.15) is 9.40 Å². The van der Waals surface area contributed by atoms with E-state index in [0.717, 1.165) is 0 Å². The normalized spacial score (nSPS) is 21.7. The lowest BCUT2D eigenvalue weighted by atomic mass is 9.92. The number of H-pyrrole nitrogens is 1. The second-order valence-electron chi connectivity index (χ2n) is 5.70. The molecule has 1 aliphatic heterocycles.